The number of rotatable bonds is 4. The molecule has 1 atom stereocenters. The number of hydrogen-bond donors (Lipinski definition) is 1. The quantitative estimate of drug-likeness (QED) is 0.678. The molecule has 0 bridgehead atoms. The predicted octanol–water partition coefficient (Wildman–Crippen LogP) is 4.55. The van der Waals surface area contributed by atoms with Gasteiger partial charge in [0.25, 0.3) is 5.91 Å². The third-order valence-corrected chi connectivity index (χ3v) is 5.76. The molecule has 1 aromatic carbocycles. The molecule has 6 nitrogen and oxygen atoms in total. The van der Waals surface area contributed by atoms with Crippen LogP contribution in [0.5, 0.6) is 0 Å². The van der Waals surface area contributed by atoms with E-state index in [2.05, 4.69) is 10.3 Å². The Bertz CT molecular complexity index is 969. The first-order valence-corrected chi connectivity index (χ1v) is 10.2. The number of likely N-dealkylation sites (tertiary alicyclic amines) is 1. The molecule has 2 amide bonds. The molecule has 28 heavy (non-hydrogen) atoms. The molecule has 1 fully saturated rings. The van der Waals surface area contributed by atoms with E-state index in [0.717, 1.165) is 12.8 Å². The average molecular weight is 416 g/mol. The van der Waals surface area contributed by atoms with Crippen LogP contribution < -0.4 is 5.32 Å². The van der Waals surface area contributed by atoms with Gasteiger partial charge >= 0.3 is 0 Å². The van der Waals surface area contributed by atoms with Crippen LogP contribution in [-0.2, 0) is 4.79 Å². The predicted molar refractivity (Wildman–Crippen MR) is 109 cm³/mol. The molecule has 3 heterocycles. The van der Waals surface area contributed by atoms with Crippen molar-refractivity contribution in [2.24, 2.45) is 5.92 Å². The van der Waals surface area contributed by atoms with Gasteiger partial charge in [0.1, 0.15) is 5.69 Å². The van der Waals surface area contributed by atoms with Gasteiger partial charge in [0.05, 0.1) is 12.2 Å². The van der Waals surface area contributed by atoms with Gasteiger partial charge in [-0.05, 0) is 49.2 Å². The molecule has 0 radical (unpaired) electrons. The second kappa shape index (κ2) is 8.16. The number of hydrogen-bond acceptors (Lipinski definition) is 5. The minimum absolute atomic E-state index is 0.0885. The van der Waals surface area contributed by atoms with Crippen molar-refractivity contribution in [2.75, 3.05) is 18.4 Å². The molecule has 2 aromatic heterocycles. The zero-order chi connectivity index (χ0) is 19.5. The molecule has 1 unspecified atom stereocenters. The van der Waals surface area contributed by atoms with Crippen LogP contribution in [0.1, 0.15) is 23.3 Å². The molecule has 0 saturated carbocycles. The summed E-state index contributed by atoms with van der Waals surface area (Å²) in [5.74, 6) is 0.145. The van der Waals surface area contributed by atoms with Crippen molar-refractivity contribution in [1.29, 1.82) is 0 Å². The minimum Gasteiger partial charge on any atom is -0.462 e. The molecule has 8 heteroatoms. The standard InChI is InChI=1S/C20H18ClN3O3S/c21-14-5-7-15(8-6-14)22-18(25)13-3-1-9-24(11-13)20(26)16-12-28-19(23-16)17-4-2-10-27-17/h2,4-8,10,12-13H,1,3,9,11H2,(H,22,25). The van der Waals surface area contributed by atoms with Crippen molar-refractivity contribution < 1.29 is 14.0 Å². The van der Waals surface area contributed by atoms with Crippen LogP contribution in [0.4, 0.5) is 5.69 Å². The van der Waals surface area contributed by atoms with Gasteiger partial charge in [-0.25, -0.2) is 4.98 Å². The summed E-state index contributed by atoms with van der Waals surface area (Å²) in [5.41, 5.74) is 1.08. The summed E-state index contributed by atoms with van der Waals surface area (Å²) < 4.78 is 5.33. The first kappa shape index (κ1) is 18.7. The fourth-order valence-electron chi connectivity index (χ4n) is 3.20. The SMILES string of the molecule is O=C(Nc1ccc(Cl)cc1)C1CCCN(C(=O)c2csc(-c3ccco3)n2)C1. The van der Waals surface area contributed by atoms with E-state index in [1.807, 2.05) is 6.07 Å². The van der Waals surface area contributed by atoms with Gasteiger partial charge in [-0.2, -0.15) is 0 Å². The highest BCUT2D eigenvalue weighted by Gasteiger charge is 2.30. The number of nitrogens with one attached hydrogen (secondary N) is 1. The molecular formula is C20H18ClN3O3S. The fourth-order valence-corrected chi connectivity index (χ4v) is 4.09. The number of anilines is 1. The number of piperidine rings is 1. The lowest BCUT2D eigenvalue weighted by atomic mass is 9.96. The number of nitrogens with zero attached hydrogens (tertiary/aromatic N) is 2. The van der Waals surface area contributed by atoms with E-state index in [0.29, 0.717) is 40.3 Å². The number of halogens is 1. The molecule has 1 N–H and O–H groups in total. The van der Waals surface area contributed by atoms with E-state index in [1.54, 1.807) is 46.9 Å². The number of aromatic nitrogens is 1. The maximum Gasteiger partial charge on any atom is 0.273 e. The Morgan fingerprint density at radius 3 is 2.82 bits per heavy atom. The maximum atomic E-state index is 12.8. The normalized spacial score (nSPS) is 16.8. The lowest BCUT2D eigenvalue weighted by Crippen LogP contribution is -2.43. The van der Waals surface area contributed by atoms with E-state index < -0.39 is 0 Å². The van der Waals surface area contributed by atoms with Crippen molar-refractivity contribution in [3.63, 3.8) is 0 Å². The summed E-state index contributed by atoms with van der Waals surface area (Å²) >= 11 is 7.24. The molecule has 1 aliphatic rings. The van der Waals surface area contributed by atoms with Crippen molar-refractivity contribution in [2.45, 2.75) is 12.8 Å². The topological polar surface area (TPSA) is 75.4 Å². The van der Waals surface area contributed by atoms with Crippen LogP contribution in [-0.4, -0.2) is 34.8 Å². The molecule has 0 aliphatic carbocycles. The Balaban J connectivity index is 1.41. The number of carbonyl (C=O) groups excluding carboxylic acids is 2. The lowest BCUT2D eigenvalue weighted by molar-refractivity contribution is -0.121. The summed E-state index contributed by atoms with van der Waals surface area (Å²) in [6.07, 6.45) is 3.10. The highest BCUT2D eigenvalue weighted by molar-refractivity contribution is 7.13. The highest BCUT2D eigenvalue weighted by atomic mass is 35.5. The highest BCUT2D eigenvalue weighted by Crippen LogP contribution is 2.26. The largest absolute Gasteiger partial charge is 0.462 e. The van der Waals surface area contributed by atoms with Crippen molar-refractivity contribution in [1.82, 2.24) is 9.88 Å². The lowest BCUT2D eigenvalue weighted by Gasteiger charge is -2.31. The zero-order valence-corrected chi connectivity index (χ0v) is 16.5. The van der Waals surface area contributed by atoms with Crippen molar-refractivity contribution in [3.8, 4) is 10.8 Å². The smallest absolute Gasteiger partial charge is 0.273 e. The monoisotopic (exact) mass is 415 g/mol. The Labute approximate surface area is 171 Å². The van der Waals surface area contributed by atoms with Crippen LogP contribution in [0, 0.1) is 5.92 Å². The molecule has 1 aliphatic heterocycles. The van der Waals surface area contributed by atoms with E-state index >= 15 is 0 Å². The molecule has 0 spiro atoms. The van der Waals surface area contributed by atoms with Crippen LogP contribution in [0.25, 0.3) is 10.8 Å². The number of benzene rings is 1. The summed E-state index contributed by atoms with van der Waals surface area (Å²) in [6.45, 7) is 1.00. The van der Waals surface area contributed by atoms with E-state index in [4.69, 9.17) is 16.0 Å². The van der Waals surface area contributed by atoms with Crippen LogP contribution in [0.2, 0.25) is 5.02 Å². The van der Waals surface area contributed by atoms with Gasteiger partial charge in [-0.15, -0.1) is 11.3 Å². The van der Waals surface area contributed by atoms with Crippen molar-refractivity contribution in [3.05, 3.63) is 58.8 Å². The number of furan rings is 1. The van der Waals surface area contributed by atoms with Gasteiger partial charge < -0.3 is 14.6 Å². The fraction of sp³-hybridized carbons (Fsp3) is 0.250. The van der Waals surface area contributed by atoms with Crippen LogP contribution in [0.3, 0.4) is 0 Å². The second-order valence-corrected chi connectivity index (χ2v) is 7.90. The molecule has 1 saturated heterocycles. The third kappa shape index (κ3) is 4.10. The Morgan fingerprint density at radius 2 is 2.07 bits per heavy atom. The number of amides is 2. The van der Waals surface area contributed by atoms with E-state index in [-0.39, 0.29) is 17.7 Å². The van der Waals surface area contributed by atoms with Crippen molar-refractivity contribution >= 4 is 40.4 Å². The Morgan fingerprint density at radius 1 is 1.25 bits per heavy atom. The van der Waals surface area contributed by atoms with Crippen LogP contribution >= 0.6 is 22.9 Å². The second-order valence-electron chi connectivity index (χ2n) is 6.60. The van der Waals surface area contributed by atoms with E-state index in [9.17, 15) is 9.59 Å². The Kier molecular flexibility index (Phi) is 5.45. The molecule has 144 valence electrons. The van der Waals surface area contributed by atoms with E-state index in [1.165, 1.54) is 11.3 Å². The number of thiazole rings is 1. The molecular weight excluding hydrogens is 398 g/mol. The molecule has 4 rings (SSSR count). The zero-order valence-electron chi connectivity index (χ0n) is 14.9. The summed E-state index contributed by atoms with van der Waals surface area (Å²) in [5, 5.41) is 5.92. The Hall–Kier alpha value is -2.64. The van der Waals surface area contributed by atoms with Crippen LogP contribution in [0.15, 0.2) is 52.5 Å². The maximum absolute atomic E-state index is 12.8. The minimum atomic E-state index is -0.253. The summed E-state index contributed by atoms with van der Waals surface area (Å²) in [4.78, 5) is 31.5. The summed E-state index contributed by atoms with van der Waals surface area (Å²) in [7, 11) is 0. The first-order chi connectivity index (χ1) is 13.6. The molecule has 3 aromatic rings. The van der Waals surface area contributed by atoms with Gasteiger partial charge in [0.15, 0.2) is 10.8 Å². The third-order valence-electron chi connectivity index (χ3n) is 4.65. The van der Waals surface area contributed by atoms with Gasteiger partial charge in [-0.3, -0.25) is 9.59 Å². The first-order valence-electron chi connectivity index (χ1n) is 8.95. The number of carbonyl (C=O) groups is 2. The van der Waals surface area contributed by atoms with Gasteiger partial charge in [0.2, 0.25) is 5.91 Å². The summed E-state index contributed by atoms with van der Waals surface area (Å²) in [6, 6.07) is 10.6. The van der Waals surface area contributed by atoms with Gasteiger partial charge in [0, 0.05) is 29.2 Å². The van der Waals surface area contributed by atoms with Gasteiger partial charge in [-0.1, -0.05) is 11.6 Å². The average Bonchev–Trinajstić information content (AvgIpc) is 3.41.